The molecule has 1 atom stereocenters. The van der Waals surface area contributed by atoms with Crippen LogP contribution in [0.4, 0.5) is 11.6 Å². The number of nitrogens with one attached hydrogen (secondary N) is 2. The average Bonchev–Trinajstić information content (AvgIpc) is 3.33. The number of rotatable bonds is 8. The Hall–Kier alpha value is -4.08. The van der Waals surface area contributed by atoms with E-state index in [0.29, 0.717) is 40.1 Å². The van der Waals surface area contributed by atoms with Crippen molar-refractivity contribution in [2.24, 2.45) is 0 Å². The van der Waals surface area contributed by atoms with Gasteiger partial charge in [-0.05, 0) is 55.5 Å². The molecule has 4 aromatic rings. The predicted molar refractivity (Wildman–Crippen MR) is 129 cm³/mol. The van der Waals surface area contributed by atoms with Gasteiger partial charge in [0, 0.05) is 47.0 Å². The van der Waals surface area contributed by atoms with E-state index in [2.05, 4.69) is 25.6 Å². The SMILES string of the molecule is C[C@H](O)CNc1nccc(-n2ccnc2C(=O)c2ccc(NC(=O)c3cccc(Cl)c3)cc2)n1. The Morgan fingerprint density at radius 3 is 2.59 bits per heavy atom. The summed E-state index contributed by atoms with van der Waals surface area (Å²) in [5.41, 5.74) is 1.37. The number of ketones is 1. The van der Waals surface area contributed by atoms with Crippen LogP contribution in [0.1, 0.15) is 33.5 Å². The molecule has 2 aromatic carbocycles. The summed E-state index contributed by atoms with van der Waals surface area (Å²) in [5.74, 6) is 0.339. The number of carbonyl (C=O) groups is 2. The van der Waals surface area contributed by atoms with Crippen molar-refractivity contribution in [3.05, 3.63) is 95.2 Å². The zero-order valence-corrected chi connectivity index (χ0v) is 18.9. The second kappa shape index (κ2) is 10.2. The van der Waals surface area contributed by atoms with Gasteiger partial charge in [-0.25, -0.2) is 9.97 Å². The molecule has 2 aromatic heterocycles. The van der Waals surface area contributed by atoms with Crippen molar-refractivity contribution >= 4 is 34.9 Å². The van der Waals surface area contributed by atoms with Crippen molar-refractivity contribution in [3.8, 4) is 5.82 Å². The first-order valence-corrected chi connectivity index (χ1v) is 10.8. The molecule has 0 aliphatic heterocycles. The number of benzene rings is 2. The lowest BCUT2D eigenvalue weighted by molar-refractivity contribution is 0.102. The standard InChI is InChI=1S/C24H21ClN6O3/c1-15(32)14-28-24-27-10-9-20(30-24)31-12-11-26-22(31)21(33)16-5-7-19(8-6-16)29-23(34)17-3-2-4-18(25)13-17/h2-13,15,32H,14H2,1H3,(H,29,34)(H,27,28,30)/t15-/m0/s1. The maximum Gasteiger partial charge on any atom is 0.255 e. The van der Waals surface area contributed by atoms with Gasteiger partial charge in [0.15, 0.2) is 5.82 Å². The van der Waals surface area contributed by atoms with E-state index in [1.165, 1.54) is 6.20 Å². The zero-order valence-electron chi connectivity index (χ0n) is 18.1. The first kappa shape index (κ1) is 23.1. The number of amides is 1. The minimum atomic E-state index is -0.559. The maximum atomic E-state index is 13.1. The van der Waals surface area contributed by atoms with E-state index >= 15 is 0 Å². The van der Waals surface area contributed by atoms with Crippen molar-refractivity contribution in [1.82, 2.24) is 19.5 Å². The second-order valence-corrected chi connectivity index (χ2v) is 7.90. The van der Waals surface area contributed by atoms with Gasteiger partial charge in [0.25, 0.3) is 5.91 Å². The molecule has 34 heavy (non-hydrogen) atoms. The van der Waals surface area contributed by atoms with Crippen LogP contribution in [0, 0.1) is 0 Å². The monoisotopic (exact) mass is 476 g/mol. The molecule has 0 saturated heterocycles. The third-order valence-corrected chi connectivity index (χ3v) is 5.01. The summed E-state index contributed by atoms with van der Waals surface area (Å²) >= 11 is 5.94. The van der Waals surface area contributed by atoms with Crippen molar-refractivity contribution < 1.29 is 14.7 Å². The summed E-state index contributed by atoms with van der Waals surface area (Å²) in [6, 6.07) is 14.8. The molecule has 9 nitrogen and oxygen atoms in total. The van der Waals surface area contributed by atoms with E-state index in [9.17, 15) is 14.7 Å². The highest BCUT2D eigenvalue weighted by atomic mass is 35.5. The second-order valence-electron chi connectivity index (χ2n) is 7.46. The van der Waals surface area contributed by atoms with Crippen LogP contribution >= 0.6 is 11.6 Å². The molecule has 0 bridgehead atoms. The molecule has 0 spiro atoms. The summed E-state index contributed by atoms with van der Waals surface area (Å²) in [4.78, 5) is 38.2. The van der Waals surface area contributed by atoms with E-state index in [4.69, 9.17) is 11.6 Å². The van der Waals surface area contributed by atoms with Crippen molar-refractivity contribution in [2.75, 3.05) is 17.2 Å². The number of hydrogen-bond acceptors (Lipinski definition) is 7. The van der Waals surface area contributed by atoms with Gasteiger partial charge in [-0.2, -0.15) is 4.98 Å². The fraction of sp³-hybridized carbons (Fsp3) is 0.125. The summed E-state index contributed by atoms with van der Waals surface area (Å²) < 4.78 is 1.56. The Bertz CT molecular complexity index is 1320. The van der Waals surface area contributed by atoms with Gasteiger partial charge in [0.2, 0.25) is 11.7 Å². The molecule has 0 aliphatic carbocycles. The van der Waals surface area contributed by atoms with Crippen LogP contribution in [-0.2, 0) is 0 Å². The van der Waals surface area contributed by atoms with Gasteiger partial charge in [0.05, 0.1) is 6.10 Å². The quantitative estimate of drug-likeness (QED) is 0.332. The molecular weight excluding hydrogens is 456 g/mol. The summed E-state index contributed by atoms with van der Waals surface area (Å²) in [6.07, 6.45) is 4.14. The third kappa shape index (κ3) is 5.45. The van der Waals surface area contributed by atoms with Crippen LogP contribution in [0.2, 0.25) is 5.02 Å². The van der Waals surface area contributed by atoms with E-state index in [1.54, 1.807) is 78.5 Å². The normalized spacial score (nSPS) is 11.6. The van der Waals surface area contributed by atoms with Gasteiger partial charge in [-0.15, -0.1) is 0 Å². The summed E-state index contributed by atoms with van der Waals surface area (Å²) in [6.45, 7) is 1.94. The topological polar surface area (TPSA) is 122 Å². The lowest BCUT2D eigenvalue weighted by atomic mass is 10.1. The molecular formula is C24H21ClN6O3. The van der Waals surface area contributed by atoms with Crippen molar-refractivity contribution in [1.29, 1.82) is 0 Å². The molecule has 172 valence electrons. The molecule has 0 fully saturated rings. The number of aliphatic hydroxyl groups excluding tert-OH is 1. The van der Waals surface area contributed by atoms with E-state index < -0.39 is 6.10 Å². The predicted octanol–water partition coefficient (Wildman–Crippen LogP) is 3.59. The number of aromatic nitrogens is 4. The number of imidazole rings is 1. The minimum Gasteiger partial charge on any atom is -0.392 e. The molecule has 3 N–H and O–H groups in total. The van der Waals surface area contributed by atoms with Crippen molar-refractivity contribution in [2.45, 2.75) is 13.0 Å². The molecule has 0 unspecified atom stereocenters. The van der Waals surface area contributed by atoms with Gasteiger partial charge >= 0.3 is 0 Å². The number of halogens is 1. The summed E-state index contributed by atoms with van der Waals surface area (Å²) in [7, 11) is 0. The Morgan fingerprint density at radius 1 is 1.06 bits per heavy atom. The Kier molecular flexibility index (Phi) is 6.95. The van der Waals surface area contributed by atoms with Gasteiger partial charge in [-0.3, -0.25) is 14.2 Å². The first-order valence-electron chi connectivity index (χ1n) is 10.4. The molecule has 0 saturated carbocycles. The highest BCUT2D eigenvalue weighted by Gasteiger charge is 2.18. The molecule has 10 heteroatoms. The van der Waals surface area contributed by atoms with Crippen LogP contribution in [0.15, 0.2) is 73.2 Å². The fourth-order valence-electron chi connectivity index (χ4n) is 3.13. The first-order chi connectivity index (χ1) is 16.4. The third-order valence-electron chi connectivity index (χ3n) is 4.78. The van der Waals surface area contributed by atoms with Crippen LogP contribution in [0.5, 0.6) is 0 Å². The highest BCUT2D eigenvalue weighted by Crippen LogP contribution is 2.18. The number of carbonyl (C=O) groups excluding carboxylic acids is 2. The number of nitrogens with zero attached hydrogens (tertiary/aromatic N) is 4. The number of hydrogen-bond donors (Lipinski definition) is 3. The van der Waals surface area contributed by atoms with Crippen LogP contribution in [-0.4, -0.2) is 49.0 Å². The van der Waals surface area contributed by atoms with E-state index in [0.717, 1.165) is 0 Å². The number of anilines is 2. The molecule has 4 rings (SSSR count). The molecule has 0 aliphatic rings. The maximum absolute atomic E-state index is 13.1. The van der Waals surface area contributed by atoms with Gasteiger partial charge in [0.1, 0.15) is 5.82 Å². The zero-order chi connectivity index (χ0) is 24.1. The van der Waals surface area contributed by atoms with Crippen LogP contribution in [0.3, 0.4) is 0 Å². The smallest absolute Gasteiger partial charge is 0.255 e. The molecule has 2 heterocycles. The number of aliphatic hydroxyl groups is 1. The van der Waals surface area contributed by atoms with Gasteiger partial charge in [-0.1, -0.05) is 17.7 Å². The summed E-state index contributed by atoms with van der Waals surface area (Å²) in [5, 5.41) is 15.6. The van der Waals surface area contributed by atoms with E-state index in [1.807, 2.05) is 0 Å². The minimum absolute atomic E-state index is 0.177. The van der Waals surface area contributed by atoms with E-state index in [-0.39, 0.29) is 17.5 Å². The van der Waals surface area contributed by atoms with Crippen molar-refractivity contribution in [3.63, 3.8) is 0 Å². The molecule has 1 amide bonds. The average molecular weight is 477 g/mol. The highest BCUT2D eigenvalue weighted by molar-refractivity contribution is 6.31. The van der Waals surface area contributed by atoms with Crippen LogP contribution in [0.25, 0.3) is 5.82 Å². The Morgan fingerprint density at radius 2 is 1.85 bits per heavy atom. The lowest BCUT2D eigenvalue weighted by Crippen LogP contribution is -2.18. The largest absolute Gasteiger partial charge is 0.392 e. The fourth-order valence-corrected chi connectivity index (χ4v) is 3.32. The molecule has 0 radical (unpaired) electrons. The Balaban J connectivity index is 1.50. The Labute approximate surface area is 200 Å². The van der Waals surface area contributed by atoms with Crippen LogP contribution < -0.4 is 10.6 Å². The lowest BCUT2D eigenvalue weighted by Gasteiger charge is -2.10. The van der Waals surface area contributed by atoms with Gasteiger partial charge < -0.3 is 15.7 Å².